The molecule has 0 bridgehead atoms. The minimum absolute atomic E-state index is 0.00426. The number of hydrogen-bond donors (Lipinski definition) is 2. The third-order valence-electron chi connectivity index (χ3n) is 2.92. The summed E-state index contributed by atoms with van der Waals surface area (Å²) in [6.45, 7) is 0.393. The number of hydrogen-bond acceptors (Lipinski definition) is 4. The fourth-order valence-corrected chi connectivity index (χ4v) is 4.32. The molecular weight excluding hydrogens is 286 g/mol. The summed E-state index contributed by atoms with van der Waals surface area (Å²) in [5.41, 5.74) is -0.0295. The minimum Gasteiger partial charge on any atom is -0.478 e. The van der Waals surface area contributed by atoms with Gasteiger partial charge >= 0.3 is 5.97 Å². The van der Waals surface area contributed by atoms with Gasteiger partial charge in [0.25, 0.3) is 0 Å². The van der Waals surface area contributed by atoms with Gasteiger partial charge in [-0.25, -0.2) is 17.9 Å². The van der Waals surface area contributed by atoms with Gasteiger partial charge in [-0.05, 0) is 36.8 Å². The van der Waals surface area contributed by atoms with Crippen LogP contribution < -0.4 is 4.72 Å². The van der Waals surface area contributed by atoms with Crippen molar-refractivity contribution in [1.82, 2.24) is 4.72 Å². The van der Waals surface area contributed by atoms with Crippen molar-refractivity contribution in [3.63, 3.8) is 0 Å². The summed E-state index contributed by atoms with van der Waals surface area (Å²) < 4.78 is 26.6. The van der Waals surface area contributed by atoms with Crippen molar-refractivity contribution in [3.8, 4) is 0 Å². The van der Waals surface area contributed by atoms with Crippen LogP contribution in [0.15, 0.2) is 29.2 Å². The average Bonchev–Trinajstić information content (AvgIpc) is 2.90. The Hall–Kier alpha value is -1.05. The molecule has 1 aliphatic heterocycles. The molecule has 7 heteroatoms. The van der Waals surface area contributed by atoms with Crippen molar-refractivity contribution in [2.75, 3.05) is 12.3 Å². The summed E-state index contributed by atoms with van der Waals surface area (Å²) in [7, 11) is -3.63. The second kappa shape index (κ2) is 5.94. The zero-order chi connectivity index (χ0) is 13.9. The fourth-order valence-electron chi connectivity index (χ4n) is 1.89. The number of carboxylic acid groups (broad SMARTS) is 1. The van der Waals surface area contributed by atoms with Crippen LogP contribution in [0, 0.1) is 0 Å². The first-order valence-electron chi connectivity index (χ1n) is 5.94. The number of carboxylic acids is 1. The quantitative estimate of drug-likeness (QED) is 0.862. The highest BCUT2D eigenvalue weighted by molar-refractivity contribution is 8.00. The Labute approximate surface area is 116 Å². The summed E-state index contributed by atoms with van der Waals surface area (Å²) in [6.07, 6.45) is 2.13. The van der Waals surface area contributed by atoms with E-state index in [0.717, 1.165) is 18.6 Å². The van der Waals surface area contributed by atoms with Gasteiger partial charge < -0.3 is 5.11 Å². The molecule has 1 atom stereocenters. The van der Waals surface area contributed by atoms with Crippen LogP contribution in [0.4, 0.5) is 0 Å². The molecule has 1 unspecified atom stereocenters. The molecule has 1 heterocycles. The van der Waals surface area contributed by atoms with Gasteiger partial charge in [0.15, 0.2) is 0 Å². The molecule has 0 spiro atoms. The lowest BCUT2D eigenvalue weighted by atomic mass is 10.2. The largest absolute Gasteiger partial charge is 0.478 e. The Morgan fingerprint density at radius 2 is 2.26 bits per heavy atom. The van der Waals surface area contributed by atoms with E-state index in [1.54, 1.807) is 11.8 Å². The van der Waals surface area contributed by atoms with Crippen LogP contribution in [0.2, 0.25) is 0 Å². The first kappa shape index (κ1) is 14.4. The molecule has 5 nitrogen and oxygen atoms in total. The Morgan fingerprint density at radius 1 is 1.47 bits per heavy atom. The number of sulfonamides is 1. The second-order valence-electron chi connectivity index (χ2n) is 4.32. The molecule has 104 valence electrons. The molecule has 0 aliphatic carbocycles. The maximum Gasteiger partial charge on any atom is 0.335 e. The van der Waals surface area contributed by atoms with Gasteiger partial charge in [-0.15, -0.1) is 0 Å². The number of thioether (sulfide) groups is 1. The van der Waals surface area contributed by atoms with Gasteiger partial charge in [-0.1, -0.05) is 6.07 Å². The number of nitrogens with one attached hydrogen (secondary N) is 1. The van der Waals surface area contributed by atoms with Crippen LogP contribution in [-0.2, 0) is 10.0 Å². The van der Waals surface area contributed by atoms with Crippen molar-refractivity contribution >= 4 is 27.8 Å². The molecule has 0 radical (unpaired) electrons. The molecule has 1 fully saturated rings. The van der Waals surface area contributed by atoms with Crippen LogP contribution in [0.3, 0.4) is 0 Å². The maximum absolute atomic E-state index is 12.1. The van der Waals surface area contributed by atoms with Gasteiger partial charge in [0.05, 0.1) is 10.5 Å². The van der Waals surface area contributed by atoms with Crippen LogP contribution in [0.5, 0.6) is 0 Å². The Bertz CT molecular complexity index is 565. The molecular formula is C12H15NO4S2. The van der Waals surface area contributed by atoms with E-state index in [-0.39, 0.29) is 10.5 Å². The van der Waals surface area contributed by atoms with Crippen molar-refractivity contribution in [1.29, 1.82) is 0 Å². The van der Waals surface area contributed by atoms with Crippen molar-refractivity contribution < 1.29 is 18.3 Å². The van der Waals surface area contributed by atoms with E-state index in [1.165, 1.54) is 24.3 Å². The fraction of sp³-hybridized carbons (Fsp3) is 0.417. The van der Waals surface area contributed by atoms with Crippen molar-refractivity contribution in [2.24, 2.45) is 0 Å². The van der Waals surface area contributed by atoms with E-state index in [9.17, 15) is 13.2 Å². The number of rotatable bonds is 5. The van der Waals surface area contributed by atoms with E-state index in [1.807, 2.05) is 0 Å². The summed E-state index contributed by atoms with van der Waals surface area (Å²) in [5, 5.41) is 9.18. The monoisotopic (exact) mass is 301 g/mol. The molecule has 1 saturated heterocycles. The molecule has 0 amide bonds. The van der Waals surface area contributed by atoms with Crippen molar-refractivity contribution in [2.45, 2.75) is 23.0 Å². The SMILES string of the molecule is O=C(O)c1cccc(S(=O)(=O)NCC2CCCS2)c1. The molecule has 0 saturated carbocycles. The van der Waals surface area contributed by atoms with Crippen molar-refractivity contribution in [3.05, 3.63) is 29.8 Å². The van der Waals surface area contributed by atoms with Gasteiger partial charge in [-0.2, -0.15) is 11.8 Å². The third kappa shape index (κ3) is 3.71. The third-order valence-corrected chi connectivity index (χ3v) is 5.74. The van der Waals surface area contributed by atoms with Gasteiger partial charge in [-0.3, -0.25) is 0 Å². The zero-order valence-electron chi connectivity index (χ0n) is 10.2. The first-order chi connectivity index (χ1) is 8.99. The van der Waals surface area contributed by atoms with Crippen LogP contribution in [0.1, 0.15) is 23.2 Å². The summed E-state index contributed by atoms with van der Waals surface area (Å²) in [5.74, 6) is -0.0654. The van der Waals surface area contributed by atoms with Crippen LogP contribution in [-0.4, -0.2) is 37.0 Å². The minimum atomic E-state index is -3.63. The van der Waals surface area contributed by atoms with Gasteiger partial charge in [0.1, 0.15) is 0 Å². The molecule has 0 aromatic heterocycles. The van der Waals surface area contributed by atoms with Crippen LogP contribution >= 0.6 is 11.8 Å². The number of aromatic carboxylic acids is 1. The topological polar surface area (TPSA) is 83.5 Å². The van der Waals surface area contributed by atoms with Crippen LogP contribution in [0.25, 0.3) is 0 Å². The lowest BCUT2D eigenvalue weighted by Gasteiger charge is -2.11. The standard InChI is InChI=1S/C12H15NO4S2/c14-12(15)9-3-1-5-11(7-9)19(16,17)13-8-10-4-2-6-18-10/h1,3,5,7,10,13H,2,4,6,8H2,(H,14,15). The lowest BCUT2D eigenvalue weighted by Crippen LogP contribution is -2.30. The van der Waals surface area contributed by atoms with E-state index in [4.69, 9.17) is 5.11 Å². The van der Waals surface area contributed by atoms with E-state index < -0.39 is 16.0 Å². The highest BCUT2D eigenvalue weighted by atomic mass is 32.2. The summed E-state index contributed by atoms with van der Waals surface area (Å²) in [4.78, 5) is 10.8. The number of benzene rings is 1. The van der Waals surface area contributed by atoms with E-state index in [2.05, 4.69) is 4.72 Å². The predicted molar refractivity (Wildman–Crippen MR) is 74.1 cm³/mol. The Kier molecular flexibility index (Phi) is 4.49. The van der Waals surface area contributed by atoms with Gasteiger partial charge in [0, 0.05) is 11.8 Å². The zero-order valence-corrected chi connectivity index (χ0v) is 11.8. The Morgan fingerprint density at radius 3 is 2.89 bits per heavy atom. The first-order valence-corrected chi connectivity index (χ1v) is 8.47. The second-order valence-corrected chi connectivity index (χ2v) is 7.50. The predicted octanol–water partition coefficient (Wildman–Crippen LogP) is 1.56. The maximum atomic E-state index is 12.1. The molecule has 1 aromatic carbocycles. The summed E-state index contributed by atoms with van der Waals surface area (Å²) in [6, 6.07) is 5.37. The molecule has 2 N–H and O–H groups in total. The van der Waals surface area contributed by atoms with E-state index >= 15 is 0 Å². The molecule has 19 heavy (non-hydrogen) atoms. The highest BCUT2D eigenvalue weighted by Crippen LogP contribution is 2.25. The molecule has 1 aliphatic rings. The average molecular weight is 301 g/mol. The molecule has 2 rings (SSSR count). The summed E-state index contributed by atoms with van der Waals surface area (Å²) >= 11 is 1.77. The Balaban J connectivity index is 2.09. The van der Waals surface area contributed by atoms with E-state index in [0.29, 0.717) is 11.8 Å². The molecule has 1 aromatic rings. The number of carbonyl (C=O) groups is 1. The normalized spacial score (nSPS) is 19.5. The smallest absolute Gasteiger partial charge is 0.335 e. The van der Waals surface area contributed by atoms with Gasteiger partial charge in [0.2, 0.25) is 10.0 Å². The highest BCUT2D eigenvalue weighted by Gasteiger charge is 2.20. The lowest BCUT2D eigenvalue weighted by molar-refractivity contribution is 0.0696.